The number of anilines is 1. The summed E-state index contributed by atoms with van der Waals surface area (Å²) in [5.41, 5.74) is 3.01. The van der Waals surface area contributed by atoms with Crippen LogP contribution in [0.2, 0.25) is 10.0 Å². The van der Waals surface area contributed by atoms with Crippen LogP contribution in [0.5, 0.6) is 5.75 Å². The normalized spacial score (nSPS) is 15.4. The van der Waals surface area contributed by atoms with E-state index in [2.05, 4.69) is 34.2 Å². The SMILES string of the molecule is COc1ccc(C)cc1CN1CCN(CC(=O)Nc2ccc(Cl)cc2Cl)CC1. The summed E-state index contributed by atoms with van der Waals surface area (Å²) in [6.45, 7) is 6.79. The first-order valence-electron chi connectivity index (χ1n) is 9.28. The van der Waals surface area contributed by atoms with E-state index < -0.39 is 0 Å². The zero-order chi connectivity index (χ0) is 20.1. The summed E-state index contributed by atoms with van der Waals surface area (Å²) in [6.07, 6.45) is 0. The predicted octanol–water partition coefficient (Wildman–Crippen LogP) is 4.07. The molecule has 1 aliphatic rings. The number of carbonyl (C=O) groups is 1. The van der Waals surface area contributed by atoms with Crippen molar-refractivity contribution in [2.75, 3.05) is 45.2 Å². The topological polar surface area (TPSA) is 44.8 Å². The molecule has 0 aliphatic carbocycles. The first-order valence-corrected chi connectivity index (χ1v) is 10.0. The van der Waals surface area contributed by atoms with Crippen LogP contribution in [0.1, 0.15) is 11.1 Å². The molecule has 0 bridgehead atoms. The zero-order valence-corrected chi connectivity index (χ0v) is 17.7. The third kappa shape index (κ3) is 5.61. The number of nitrogens with one attached hydrogen (secondary N) is 1. The first-order chi connectivity index (χ1) is 13.4. The van der Waals surface area contributed by atoms with Gasteiger partial charge in [0, 0.05) is 43.3 Å². The number of hydrogen-bond acceptors (Lipinski definition) is 4. The number of rotatable bonds is 6. The third-order valence-electron chi connectivity index (χ3n) is 4.87. The molecule has 0 unspecified atom stereocenters. The molecule has 7 heteroatoms. The quantitative estimate of drug-likeness (QED) is 0.763. The van der Waals surface area contributed by atoms with Crippen molar-refractivity contribution in [3.63, 3.8) is 0 Å². The van der Waals surface area contributed by atoms with E-state index in [1.165, 1.54) is 11.1 Å². The van der Waals surface area contributed by atoms with Crippen molar-refractivity contribution in [1.82, 2.24) is 9.80 Å². The Balaban J connectivity index is 1.49. The largest absolute Gasteiger partial charge is 0.496 e. The first kappa shape index (κ1) is 20.9. The molecule has 1 amide bonds. The molecule has 1 heterocycles. The summed E-state index contributed by atoms with van der Waals surface area (Å²) in [7, 11) is 1.71. The van der Waals surface area contributed by atoms with E-state index in [-0.39, 0.29) is 5.91 Å². The maximum Gasteiger partial charge on any atom is 0.238 e. The molecule has 0 atom stereocenters. The standard InChI is InChI=1S/C21H25Cl2N3O2/c1-15-3-6-20(28-2)16(11-15)13-25-7-9-26(10-8-25)14-21(27)24-19-5-4-17(22)12-18(19)23/h3-6,11-12H,7-10,13-14H2,1-2H3,(H,24,27). The average Bonchev–Trinajstić information content (AvgIpc) is 2.66. The highest BCUT2D eigenvalue weighted by atomic mass is 35.5. The third-order valence-corrected chi connectivity index (χ3v) is 5.42. The number of aryl methyl sites for hydroxylation is 1. The van der Waals surface area contributed by atoms with E-state index in [4.69, 9.17) is 27.9 Å². The van der Waals surface area contributed by atoms with Crippen molar-refractivity contribution >= 4 is 34.8 Å². The van der Waals surface area contributed by atoms with Gasteiger partial charge in [-0.05, 0) is 31.2 Å². The van der Waals surface area contributed by atoms with E-state index in [0.29, 0.717) is 22.3 Å². The Kier molecular flexibility index (Phi) is 7.18. The Bertz CT molecular complexity index is 836. The maximum atomic E-state index is 12.3. The number of nitrogens with zero attached hydrogens (tertiary/aromatic N) is 2. The van der Waals surface area contributed by atoms with Gasteiger partial charge in [-0.3, -0.25) is 14.6 Å². The maximum absolute atomic E-state index is 12.3. The Morgan fingerprint density at radius 2 is 1.79 bits per heavy atom. The molecule has 1 fully saturated rings. The van der Waals surface area contributed by atoms with E-state index in [1.807, 2.05) is 6.07 Å². The smallest absolute Gasteiger partial charge is 0.238 e. The molecule has 150 valence electrons. The molecule has 0 radical (unpaired) electrons. The summed E-state index contributed by atoms with van der Waals surface area (Å²) in [5.74, 6) is 0.852. The minimum Gasteiger partial charge on any atom is -0.496 e. The second kappa shape index (κ2) is 9.61. The van der Waals surface area contributed by atoms with Gasteiger partial charge in [0.1, 0.15) is 5.75 Å². The van der Waals surface area contributed by atoms with E-state index in [1.54, 1.807) is 25.3 Å². The fourth-order valence-electron chi connectivity index (χ4n) is 3.36. The predicted molar refractivity (Wildman–Crippen MR) is 115 cm³/mol. The summed E-state index contributed by atoms with van der Waals surface area (Å²) < 4.78 is 5.48. The van der Waals surface area contributed by atoms with Crippen molar-refractivity contribution in [2.45, 2.75) is 13.5 Å². The van der Waals surface area contributed by atoms with Crippen LogP contribution in [0.4, 0.5) is 5.69 Å². The lowest BCUT2D eigenvalue weighted by atomic mass is 10.1. The van der Waals surface area contributed by atoms with Gasteiger partial charge in [0.2, 0.25) is 5.91 Å². The van der Waals surface area contributed by atoms with Crippen LogP contribution in [-0.2, 0) is 11.3 Å². The molecule has 1 N–H and O–H groups in total. The lowest BCUT2D eigenvalue weighted by Gasteiger charge is -2.34. The lowest BCUT2D eigenvalue weighted by molar-refractivity contribution is -0.117. The molecule has 0 saturated carbocycles. The number of hydrogen-bond donors (Lipinski definition) is 1. The molecule has 0 aromatic heterocycles. The second-order valence-electron chi connectivity index (χ2n) is 7.04. The number of benzene rings is 2. The average molecular weight is 422 g/mol. The molecule has 2 aromatic carbocycles. The number of methoxy groups -OCH3 is 1. The van der Waals surface area contributed by atoms with Crippen molar-refractivity contribution in [2.24, 2.45) is 0 Å². The van der Waals surface area contributed by atoms with E-state index in [9.17, 15) is 4.79 Å². The van der Waals surface area contributed by atoms with Gasteiger partial charge in [0.05, 0.1) is 24.4 Å². The molecule has 28 heavy (non-hydrogen) atoms. The van der Waals surface area contributed by atoms with Crippen molar-refractivity contribution in [1.29, 1.82) is 0 Å². The zero-order valence-electron chi connectivity index (χ0n) is 16.2. The van der Waals surface area contributed by atoms with Crippen LogP contribution in [0.15, 0.2) is 36.4 Å². The van der Waals surface area contributed by atoms with Gasteiger partial charge < -0.3 is 10.1 Å². The molecular formula is C21H25Cl2N3O2. The second-order valence-corrected chi connectivity index (χ2v) is 7.88. The summed E-state index contributed by atoms with van der Waals surface area (Å²) >= 11 is 12.0. The Labute approximate surface area is 176 Å². The van der Waals surface area contributed by atoms with Gasteiger partial charge in [-0.2, -0.15) is 0 Å². The Morgan fingerprint density at radius 1 is 1.07 bits per heavy atom. The highest BCUT2D eigenvalue weighted by Gasteiger charge is 2.20. The fraction of sp³-hybridized carbons (Fsp3) is 0.381. The number of amides is 1. The summed E-state index contributed by atoms with van der Waals surface area (Å²) in [6, 6.07) is 11.3. The van der Waals surface area contributed by atoms with Gasteiger partial charge in [0.25, 0.3) is 0 Å². The fourth-order valence-corrected chi connectivity index (χ4v) is 3.82. The van der Waals surface area contributed by atoms with Gasteiger partial charge in [-0.1, -0.05) is 40.9 Å². The van der Waals surface area contributed by atoms with Crippen LogP contribution in [0, 0.1) is 6.92 Å². The monoisotopic (exact) mass is 421 g/mol. The molecule has 0 spiro atoms. The van der Waals surface area contributed by atoms with Gasteiger partial charge in [-0.25, -0.2) is 0 Å². The molecule has 3 rings (SSSR count). The minimum absolute atomic E-state index is 0.0713. The van der Waals surface area contributed by atoms with Gasteiger partial charge in [-0.15, -0.1) is 0 Å². The Morgan fingerprint density at radius 3 is 2.46 bits per heavy atom. The molecule has 1 saturated heterocycles. The highest BCUT2D eigenvalue weighted by Crippen LogP contribution is 2.25. The van der Waals surface area contributed by atoms with Crippen LogP contribution in [0.3, 0.4) is 0 Å². The molecule has 5 nitrogen and oxygen atoms in total. The van der Waals surface area contributed by atoms with Crippen LogP contribution in [0.25, 0.3) is 0 Å². The summed E-state index contributed by atoms with van der Waals surface area (Å²) in [5, 5.41) is 3.84. The van der Waals surface area contributed by atoms with Gasteiger partial charge in [0.15, 0.2) is 0 Å². The molecule has 1 aliphatic heterocycles. The van der Waals surface area contributed by atoms with Crippen molar-refractivity contribution in [3.8, 4) is 5.75 Å². The highest BCUT2D eigenvalue weighted by molar-refractivity contribution is 6.36. The van der Waals surface area contributed by atoms with Crippen molar-refractivity contribution in [3.05, 3.63) is 57.6 Å². The van der Waals surface area contributed by atoms with Crippen molar-refractivity contribution < 1.29 is 9.53 Å². The van der Waals surface area contributed by atoms with Crippen LogP contribution in [-0.4, -0.2) is 55.5 Å². The van der Waals surface area contributed by atoms with E-state index >= 15 is 0 Å². The molecular weight excluding hydrogens is 397 g/mol. The lowest BCUT2D eigenvalue weighted by Crippen LogP contribution is -2.48. The van der Waals surface area contributed by atoms with Gasteiger partial charge >= 0.3 is 0 Å². The van der Waals surface area contributed by atoms with E-state index in [0.717, 1.165) is 38.5 Å². The minimum atomic E-state index is -0.0713. The number of carbonyl (C=O) groups excluding carboxylic acids is 1. The molecule has 2 aromatic rings. The number of ether oxygens (including phenoxy) is 1. The number of piperazine rings is 1. The van der Waals surface area contributed by atoms with Crippen LogP contribution >= 0.6 is 23.2 Å². The number of halogens is 2. The summed E-state index contributed by atoms with van der Waals surface area (Å²) in [4.78, 5) is 16.9. The Hall–Kier alpha value is -1.79. The van der Waals surface area contributed by atoms with Crippen LogP contribution < -0.4 is 10.1 Å².